The van der Waals surface area contributed by atoms with E-state index in [2.05, 4.69) is 10.0 Å². The number of hydrogen-bond acceptors (Lipinski definition) is 6. The number of methoxy groups -OCH3 is 1. The Morgan fingerprint density at radius 2 is 2.13 bits per heavy atom. The normalized spacial score (nSPS) is 21.3. The molecular formula is C13H20ClN3O5S. The highest BCUT2D eigenvalue weighted by Crippen LogP contribution is 2.28. The van der Waals surface area contributed by atoms with Crippen molar-refractivity contribution in [2.45, 2.75) is 36.7 Å². The van der Waals surface area contributed by atoms with Gasteiger partial charge in [0, 0.05) is 12.1 Å². The van der Waals surface area contributed by atoms with Crippen LogP contribution in [0.15, 0.2) is 23.1 Å². The molecule has 1 saturated heterocycles. The van der Waals surface area contributed by atoms with Crippen LogP contribution in [-0.2, 0) is 10.0 Å². The second-order valence-electron chi connectivity index (χ2n) is 5.29. The van der Waals surface area contributed by atoms with E-state index < -0.39 is 20.6 Å². The third-order valence-corrected chi connectivity index (χ3v) is 5.17. The lowest BCUT2D eigenvalue weighted by Gasteiger charge is -2.28. The van der Waals surface area contributed by atoms with Gasteiger partial charge in [0.05, 0.1) is 18.1 Å². The molecule has 2 unspecified atom stereocenters. The monoisotopic (exact) mass is 365 g/mol. The van der Waals surface area contributed by atoms with Gasteiger partial charge < -0.3 is 10.1 Å². The van der Waals surface area contributed by atoms with E-state index in [-0.39, 0.29) is 35.1 Å². The molecule has 0 aromatic heterocycles. The Labute approximate surface area is 141 Å². The van der Waals surface area contributed by atoms with Crippen LogP contribution in [0, 0.1) is 10.1 Å². The van der Waals surface area contributed by atoms with E-state index in [0.29, 0.717) is 19.4 Å². The van der Waals surface area contributed by atoms with Crippen LogP contribution in [0.3, 0.4) is 0 Å². The van der Waals surface area contributed by atoms with Crippen LogP contribution < -0.4 is 14.8 Å². The molecule has 2 rings (SSSR count). The standard InChI is InChI=1S/C13H19N3O5S.ClH/c1-9-7-10(5-6-14-9)15-22(19,20)13-4-3-11(21-2)8-12(13)16(17)18;/h3-4,8-10,14-15H,5-7H2,1-2H3;1H. The number of halogens is 1. The number of nitrogens with zero attached hydrogens (tertiary/aromatic N) is 1. The fraction of sp³-hybridized carbons (Fsp3) is 0.538. The van der Waals surface area contributed by atoms with Gasteiger partial charge in [-0.3, -0.25) is 10.1 Å². The Kier molecular flexibility index (Phi) is 6.75. The Balaban J connectivity index is 0.00000264. The van der Waals surface area contributed by atoms with Crippen LogP contribution in [-0.4, -0.2) is 39.1 Å². The van der Waals surface area contributed by atoms with Crippen molar-refractivity contribution in [3.8, 4) is 5.75 Å². The van der Waals surface area contributed by atoms with Crippen LogP contribution in [0.2, 0.25) is 0 Å². The summed E-state index contributed by atoms with van der Waals surface area (Å²) in [4.78, 5) is 10.1. The molecule has 0 saturated carbocycles. The second-order valence-corrected chi connectivity index (χ2v) is 6.97. The number of hydrogen-bond donors (Lipinski definition) is 2. The molecule has 0 aliphatic carbocycles. The van der Waals surface area contributed by atoms with E-state index in [4.69, 9.17) is 4.74 Å². The minimum atomic E-state index is -3.96. The van der Waals surface area contributed by atoms with Crippen molar-refractivity contribution in [3.63, 3.8) is 0 Å². The summed E-state index contributed by atoms with van der Waals surface area (Å²) in [5, 5.41) is 14.4. The molecule has 0 radical (unpaired) electrons. The molecule has 0 amide bonds. The largest absolute Gasteiger partial charge is 0.497 e. The van der Waals surface area contributed by atoms with Gasteiger partial charge >= 0.3 is 0 Å². The summed E-state index contributed by atoms with van der Waals surface area (Å²) in [5.41, 5.74) is -0.492. The average Bonchev–Trinajstić information content (AvgIpc) is 2.46. The molecule has 23 heavy (non-hydrogen) atoms. The van der Waals surface area contributed by atoms with Crippen LogP contribution >= 0.6 is 12.4 Å². The molecule has 1 heterocycles. The molecule has 0 bridgehead atoms. The number of piperidine rings is 1. The average molecular weight is 366 g/mol. The van der Waals surface area contributed by atoms with Gasteiger partial charge in [0.1, 0.15) is 5.75 Å². The van der Waals surface area contributed by atoms with E-state index in [0.717, 1.165) is 6.07 Å². The topological polar surface area (TPSA) is 111 Å². The number of ether oxygens (including phenoxy) is 1. The Morgan fingerprint density at radius 1 is 1.43 bits per heavy atom. The van der Waals surface area contributed by atoms with Gasteiger partial charge in [-0.25, -0.2) is 13.1 Å². The van der Waals surface area contributed by atoms with Crippen molar-refractivity contribution in [3.05, 3.63) is 28.3 Å². The third-order valence-electron chi connectivity index (χ3n) is 3.60. The van der Waals surface area contributed by atoms with Crippen molar-refractivity contribution < 1.29 is 18.1 Å². The summed E-state index contributed by atoms with van der Waals surface area (Å²) in [6.45, 7) is 2.68. The highest BCUT2D eigenvalue weighted by atomic mass is 35.5. The van der Waals surface area contributed by atoms with E-state index in [1.165, 1.54) is 19.2 Å². The Bertz CT molecular complexity index is 668. The molecule has 8 nitrogen and oxygen atoms in total. The quantitative estimate of drug-likeness (QED) is 0.603. The first kappa shape index (κ1) is 19.6. The van der Waals surface area contributed by atoms with Gasteiger partial charge in [0.2, 0.25) is 10.0 Å². The lowest BCUT2D eigenvalue weighted by Crippen LogP contribution is -2.46. The summed E-state index contributed by atoms with van der Waals surface area (Å²) in [6, 6.07) is 3.67. The molecule has 10 heteroatoms. The number of benzene rings is 1. The summed E-state index contributed by atoms with van der Waals surface area (Å²) < 4.78 is 32.4. The van der Waals surface area contributed by atoms with Gasteiger partial charge in [-0.05, 0) is 38.4 Å². The zero-order valence-electron chi connectivity index (χ0n) is 12.8. The number of nitrogens with one attached hydrogen (secondary N) is 2. The van der Waals surface area contributed by atoms with Crippen molar-refractivity contribution in [1.82, 2.24) is 10.0 Å². The van der Waals surface area contributed by atoms with Gasteiger partial charge in [-0.15, -0.1) is 12.4 Å². The summed E-state index contributed by atoms with van der Waals surface area (Å²) in [6.07, 6.45) is 1.29. The number of nitro benzene ring substituents is 1. The second kappa shape index (κ2) is 7.91. The molecule has 1 aliphatic rings. The number of sulfonamides is 1. The predicted molar refractivity (Wildman–Crippen MR) is 87.7 cm³/mol. The summed E-state index contributed by atoms with van der Waals surface area (Å²) in [5.74, 6) is 0.237. The van der Waals surface area contributed by atoms with Gasteiger partial charge in [-0.2, -0.15) is 0 Å². The Morgan fingerprint density at radius 3 is 2.70 bits per heavy atom. The molecule has 1 aromatic rings. The van der Waals surface area contributed by atoms with Gasteiger partial charge in [0.25, 0.3) is 5.69 Å². The first-order valence-electron chi connectivity index (χ1n) is 6.91. The first-order valence-corrected chi connectivity index (χ1v) is 8.40. The smallest absolute Gasteiger partial charge is 0.293 e. The van der Waals surface area contributed by atoms with Crippen molar-refractivity contribution >= 4 is 28.1 Å². The molecule has 2 atom stereocenters. The summed E-state index contributed by atoms with van der Waals surface area (Å²) >= 11 is 0. The van der Waals surface area contributed by atoms with Crippen molar-refractivity contribution in [2.24, 2.45) is 0 Å². The van der Waals surface area contributed by atoms with Gasteiger partial charge in [-0.1, -0.05) is 0 Å². The fourth-order valence-electron chi connectivity index (χ4n) is 2.52. The number of nitro groups is 1. The predicted octanol–water partition coefficient (Wildman–Crippen LogP) is 1.44. The zero-order chi connectivity index (χ0) is 16.3. The number of rotatable bonds is 5. The summed E-state index contributed by atoms with van der Waals surface area (Å²) in [7, 11) is -2.60. The first-order chi connectivity index (χ1) is 10.3. The highest BCUT2D eigenvalue weighted by molar-refractivity contribution is 7.89. The van der Waals surface area contributed by atoms with Gasteiger partial charge in [0.15, 0.2) is 4.90 Å². The van der Waals surface area contributed by atoms with Crippen LogP contribution in [0.5, 0.6) is 5.75 Å². The van der Waals surface area contributed by atoms with Crippen molar-refractivity contribution in [2.75, 3.05) is 13.7 Å². The van der Waals surface area contributed by atoms with Crippen LogP contribution in [0.25, 0.3) is 0 Å². The third kappa shape index (κ3) is 4.77. The molecule has 1 fully saturated rings. The maximum atomic E-state index is 12.5. The molecule has 1 aromatic carbocycles. The zero-order valence-corrected chi connectivity index (χ0v) is 14.4. The molecule has 0 spiro atoms. The van der Waals surface area contributed by atoms with Crippen LogP contribution in [0.1, 0.15) is 19.8 Å². The maximum Gasteiger partial charge on any atom is 0.293 e. The lowest BCUT2D eigenvalue weighted by molar-refractivity contribution is -0.387. The van der Waals surface area contributed by atoms with Crippen molar-refractivity contribution in [1.29, 1.82) is 0 Å². The van der Waals surface area contributed by atoms with E-state index in [9.17, 15) is 18.5 Å². The highest BCUT2D eigenvalue weighted by Gasteiger charge is 2.30. The SMILES string of the molecule is COc1ccc(S(=O)(=O)NC2CCNC(C)C2)c([N+](=O)[O-])c1.Cl. The molecule has 130 valence electrons. The molecular weight excluding hydrogens is 346 g/mol. The lowest BCUT2D eigenvalue weighted by atomic mass is 10.0. The Hall–Kier alpha value is -1.42. The van der Waals surface area contributed by atoms with E-state index in [1.54, 1.807) is 0 Å². The van der Waals surface area contributed by atoms with E-state index in [1.807, 2.05) is 6.92 Å². The molecule has 2 N–H and O–H groups in total. The molecule has 1 aliphatic heterocycles. The maximum absolute atomic E-state index is 12.5. The minimum Gasteiger partial charge on any atom is -0.497 e. The minimum absolute atomic E-state index is 0. The fourth-order valence-corrected chi connectivity index (χ4v) is 3.95. The van der Waals surface area contributed by atoms with E-state index >= 15 is 0 Å². The van der Waals surface area contributed by atoms with Crippen LogP contribution in [0.4, 0.5) is 5.69 Å².